The first-order valence-corrected chi connectivity index (χ1v) is 11.8. The van der Waals surface area contributed by atoms with Gasteiger partial charge in [-0.3, -0.25) is 4.79 Å². The summed E-state index contributed by atoms with van der Waals surface area (Å²) in [6, 6.07) is 14.3. The van der Waals surface area contributed by atoms with E-state index in [4.69, 9.17) is 0 Å². The number of sulfonamides is 1. The first-order valence-electron chi connectivity index (χ1n) is 10.2. The summed E-state index contributed by atoms with van der Waals surface area (Å²) in [7, 11) is -3.55. The fraction of sp³-hybridized carbons (Fsp3) is 0.409. The summed E-state index contributed by atoms with van der Waals surface area (Å²) in [5.74, 6) is -1.33. The first kappa shape index (κ1) is 23.3. The number of hydrogen-bond acceptors (Lipinski definition) is 3. The molecule has 5 nitrogen and oxygen atoms in total. The van der Waals surface area contributed by atoms with Crippen LogP contribution in [0.2, 0.25) is 0 Å². The van der Waals surface area contributed by atoms with E-state index in [-0.39, 0.29) is 18.0 Å². The van der Waals surface area contributed by atoms with Crippen LogP contribution in [0.1, 0.15) is 30.4 Å². The maximum Gasteiger partial charge on any atom is 0.418 e. The number of piperidine rings is 1. The lowest BCUT2D eigenvalue weighted by Gasteiger charge is -2.31. The number of amides is 1. The molecule has 0 aliphatic carbocycles. The van der Waals surface area contributed by atoms with E-state index in [2.05, 4.69) is 5.32 Å². The fourth-order valence-electron chi connectivity index (χ4n) is 3.72. The van der Waals surface area contributed by atoms with Gasteiger partial charge in [-0.1, -0.05) is 42.5 Å². The van der Waals surface area contributed by atoms with E-state index in [0.29, 0.717) is 32.2 Å². The Labute approximate surface area is 180 Å². The summed E-state index contributed by atoms with van der Waals surface area (Å²) < 4.78 is 66.2. The summed E-state index contributed by atoms with van der Waals surface area (Å²) in [6.45, 7) is 0.296. The standard InChI is InChI=1S/C22H25F3N2O3S/c23-22(24,25)19-12-4-5-13-20(19)26-21(28)18-11-6-14-27(16-18)31(29,30)15-7-10-17-8-2-1-3-9-17/h1-5,8-9,12-13,18H,6-7,10-11,14-16H2,(H,26,28). The van der Waals surface area contributed by atoms with Crippen molar-refractivity contribution in [1.29, 1.82) is 0 Å². The highest BCUT2D eigenvalue weighted by atomic mass is 32.2. The molecule has 31 heavy (non-hydrogen) atoms. The van der Waals surface area contributed by atoms with Crippen LogP contribution in [0.4, 0.5) is 18.9 Å². The van der Waals surface area contributed by atoms with E-state index in [1.165, 1.54) is 22.5 Å². The zero-order valence-electron chi connectivity index (χ0n) is 16.9. The molecule has 1 amide bonds. The van der Waals surface area contributed by atoms with Gasteiger partial charge < -0.3 is 5.32 Å². The highest BCUT2D eigenvalue weighted by Gasteiger charge is 2.36. The molecule has 0 saturated carbocycles. The van der Waals surface area contributed by atoms with Crippen molar-refractivity contribution < 1.29 is 26.4 Å². The number of halogens is 3. The van der Waals surface area contributed by atoms with E-state index in [1.807, 2.05) is 30.3 Å². The minimum atomic E-state index is -4.59. The molecular weight excluding hydrogens is 429 g/mol. The Hall–Kier alpha value is -2.39. The van der Waals surface area contributed by atoms with Crippen molar-refractivity contribution in [3.8, 4) is 0 Å². The second-order valence-corrected chi connectivity index (χ2v) is 9.72. The number of hydrogen-bond donors (Lipinski definition) is 1. The molecule has 0 aromatic heterocycles. The third kappa shape index (κ3) is 6.30. The number of aryl methyl sites for hydroxylation is 1. The lowest BCUT2D eigenvalue weighted by molar-refractivity contribution is -0.137. The number of anilines is 1. The highest BCUT2D eigenvalue weighted by Crippen LogP contribution is 2.35. The molecule has 1 heterocycles. The van der Waals surface area contributed by atoms with Crippen LogP contribution in [-0.4, -0.2) is 37.5 Å². The van der Waals surface area contributed by atoms with Crippen molar-refractivity contribution in [2.24, 2.45) is 5.92 Å². The monoisotopic (exact) mass is 454 g/mol. The maximum absolute atomic E-state index is 13.2. The van der Waals surface area contributed by atoms with Crippen LogP contribution in [0, 0.1) is 5.92 Å². The van der Waals surface area contributed by atoms with Gasteiger partial charge in [-0.05, 0) is 43.4 Å². The molecular formula is C22H25F3N2O3S. The van der Waals surface area contributed by atoms with Crippen LogP contribution in [-0.2, 0) is 27.4 Å². The number of nitrogens with zero attached hydrogens (tertiary/aromatic N) is 1. The molecule has 3 rings (SSSR count). The zero-order valence-corrected chi connectivity index (χ0v) is 17.8. The normalized spacial score (nSPS) is 18.0. The first-order chi connectivity index (χ1) is 14.7. The summed E-state index contributed by atoms with van der Waals surface area (Å²) in [5, 5.41) is 2.34. The van der Waals surface area contributed by atoms with Gasteiger partial charge >= 0.3 is 6.18 Å². The number of carbonyl (C=O) groups is 1. The molecule has 0 bridgehead atoms. The third-order valence-corrected chi connectivity index (χ3v) is 7.27. The zero-order chi connectivity index (χ0) is 22.5. The molecule has 1 unspecified atom stereocenters. The number of carbonyl (C=O) groups excluding carboxylic acids is 1. The average Bonchev–Trinajstić information content (AvgIpc) is 2.74. The van der Waals surface area contributed by atoms with Gasteiger partial charge in [0, 0.05) is 13.1 Å². The Morgan fingerprint density at radius 2 is 1.74 bits per heavy atom. The molecule has 1 atom stereocenters. The van der Waals surface area contributed by atoms with Crippen LogP contribution in [0.25, 0.3) is 0 Å². The van der Waals surface area contributed by atoms with Gasteiger partial charge in [0.05, 0.1) is 22.9 Å². The third-order valence-electron chi connectivity index (χ3n) is 5.35. The molecule has 1 saturated heterocycles. The molecule has 1 N–H and O–H groups in total. The summed E-state index contributed by atoms with van der Waals surface area (Å²) in [5.41, 5.74) is -0.190. The Bertz CT molecular complexity index is 995. The Kier molecular flexibility index (Phi) is 7.38. The van der Waals surface area contributed by atoms with Crippen LogP contribution >= 0.6 is 0 Å². The largest absolute Gasteiger partial charge is 0.418 e. The van der Waals surface area contributed by atoms with Gasteiger partial charge in [0.2, 0.25) is 15.9 Å². The molecule has 2 aromatic rings. The Balaban J connectivity index is 1.60. The van der Waals surface area contributed by atoms with E-state index >= 15 is 0 Å². The van der Waals surface area contributed by atoms with Crippen molar-refractivity contribution in [1.82, 2.24) is 4.31 Å². The van der Waals surface area contributed by atoms with Crippen LogP contribution in [0.3, 0.4) is 0 Å². The minimum Gasteiger partial charge on any atom is -0.325 e. The molecule has 9 heteroatoms. The van der Waals surface area contributed by atoms with E-state index in [9.17, 15) is 26.4 Å². The fourth-order valence-corrected chi connectivity index (χ4v) is 5.30. The number of alkyl halides is 3. The number of para-hydroxylation sites is 1. The molecule has 1 fully saturated rings. The average molecular weight is 455 g/mol. The van der Waals surface area contributed by atoms with Crippen LogP contribution in [0.5, 0.6) is 0 Å². The minimum absolute atomic E-state index is 0.0202. The summed E-state index contributed by atoms with van der Waals surface area (Å²) in [4.78, 5) is 12.6. The molecule has 1 aliphatic heterocycles. The van der Waals surface area contributed by atoms with E-state index < -0.39 is 33.6 Å². The Morgan fingerprint density at radius 3 is 2.45 bits per heavy atom. The van der Waals surface area contributed by atoms with Gasteiger partial charge in [-0.15, -0.1) is 0 Å². The van der Waals surface area contributed by atoms with Crippen molar-refractivity contribution in [2.45, 2.75) is 31.9 Å². The molecule has 0 spiro atoms. The lowest BCUT2D eigenvalue weighted by atomic mass is 9.98. The maximum atomic E-state index is 13.2. The van der Waals surface area contributed by atoms with Gasteiger partial charge in [-0.25, -0.2) is 12.7 Å². The van der Waals surface area contributed by atoms with Gasteiger partial charge in [-0.2, -0.15) is 13.2 Å². The second kappa shape index (κ2) is 9.82. The predicted molar refractivity (Wildman–Crippen MR) is 113 cm³/mol. The number of nitrogens with one attached hydrogen (secondary N) is 1. The smallest absolute Gasteiger partial charge is 0.325 e. The van der Waals surface area contributed by atoms with Crippen molar-refractivity contribution in [2.75, 3.05) is 24.2 Å². The quantitative estimate of drug-likeness (QED) is 0.678. The van der Waals surface area contributed by atoms with Crippen LogP contribution in [0.15, 0.2) is 54.6 Å². The van der Waals surface area contributed by atoms with E-state index in [0.717, 1.165) is 11.6 Å². The second-order valence-electron chi connectivity index (χ2n) is 7.63. The van der Waals surface area contributed by atoms with Crippen LogP contribution < -0.4 is 5.32 Å². The molecule has 1 aliphatic rings. The highest BCUT2D eigenvalue weighted by molar-refractivity contribution is 7.89. The molecule has 0 radical (unpaired) electrons. The van der Waals surface area contributed by atoms with Crippen molar-refractivity contribution in [3.05, 3.63) is 65.7 Å². The summed E-state index contributed by atoms with van der Waals surface area (Å²) >= 11 is 0. The topological polar surface area (TPSA) is 66.5 Å². The Morgan fingerprint density at radius 1 is 1.06 bits per heavy atom. The van der Waals surface area contributed by atoms with Gasteiger partial charge in [0.1, 0.15) is 0 Å². The summed E-state index contributed by atoms with van der Waals surface area (Å²) in [6.07, 6.45) is -2.59. The predicted octanol–water partition coefficient (Wildman–Crippen LogP) is 4.32. The van der Waals surface area contributed by atoms with Gasteiger partial charge in [0.25, 0.3) is 0 Å². The molecule has 2 aromatic carbocycles. The van der Waals surface area contributed by atoms with Gasteiger partial charge in [0.15, 0.2) is 0 Å². The lowest BCUT2D eigenvalue weighted by Crippen LogP contribution is -2.44. The number of rotatable bonds is 7. The number of benzene rings is 2. The van der Waals surface area contributed by atoms with Crippen molar-refractivity contribution in [3.63, 3.8) is 0 Å². The molecule has 168 valence electrons. The SMILES string of the molecule is O=C(Nc1ccccc1C(F)(F)F)C1CCCN(S(=O)(=O)CCCc2ccccc2)C1. The van der Waals surface area contributed by atoms with Crippen molar-refractivity contribution >= 4 is 21.6 Å². The van der Waals surface area contributed by atoms with E-state index in [1.54, 1.807) is 0 Å².